The van der Waals surface area contributed by atoms with Crippen molar-refractivity contribution in [3.8, 4) is 22.5 Å². The number of amides is 2. The average Bonchev–Trinajstić information content (AvgIpc) is 2.92. The molecule has 0 saturated carbocycles. The molecular formula is C29H26N4O4. The second-order valence-corrected chi connectivity index (χ2v) is 8.51. The van der Waals surface area contributed by atoms with Crippen molar-refractivity contribution in [1.29, 1.82) is 0 Å². The summed E-state index contributed by atoms with van der Waals surface area (Å²) in [4.78, 5) is 36.5. The maximum absolute atomic E-state index is 12.9. The van der Waals surface area contributed by atoms with Gasteiger partial charge in [-0.3, -0.25) is 9.59 Å². The SMILES string of the molecule is COC(=O)c1cccc(-c2nnc(-c3ccccc3NC(=O)c3ccc(C)cc3)cc2CCC(N)=O)c1. The summed E-state index contributed by atoms with van der Waals surface area (Å²) in [5, 5.41) is 11.8. The summed E-state index contributed by atoms with van der Waals surface area (Å²) in [5.41, 5.74) is 11.1. The zero-order chi connectivity index (χ0) is 26.4. The maximum Gasteiger partial charge on any atom is 0.337 e. The summed E-state index contributed by atoms with van der Waals surface area (Å²) in [7, 11) is 1.32. The Morgan fingerprint density at radius 3 is 2.38 bits per heavy atom. The van der Waals surface area contributed by atoms with Crippen LogP contribution in [0.25, 0.3) is 22.5 Å². The van der Waals surface area contributed by atoms with E-state index in [2.05, 4.69) is 15.5 Å². The molecule has 0 aliphatic rings. The lowest BCUT2D eigenvalue weighted by Gasteiger charge is -2.14. The molecule has 0 aliphatic carbocycles. The van der Waals surface area contributed by atoms with Gasteiger partial charge in [-0.2, -0.15) is 0 Å². The number of esters is 1. The molecule has 186 valence electrons. The highest BCUT2D eigenvalue weighted by molar-refractivity contribution is 6.06. The smallest absolute Gasteiger partial charge is 0.337 e. The second-order valence-electron chi connectivity index (χ2n) is 8.51. The van der Waals surface area contributed by atoms with Crippen LogP contribution in [0, 0.1) is 6.92 Å². The van der Waals surface area contributed by atoms with Gasteiger partial charge < -0.3 is 15.8 Å². The molecule has 0 atom stereocenters. The molecule has 0 radical (unpaired) electrons. The number of aromatic nitrogens is 2. The van der Waals surface area contributed by atoms with Gasteiger partial charge >= 0.3 is 5.97 Å². The van der Waals surface area contributed by atoms with E-state index in [9.17, 15) is 14.4 Å². The van der Waals surface area contributed by atoms with Crippen LogP contribution >= 0.6 is 0 Å². The number of nitrogens with one attached hydrogen (secondary N) is 1. The standard InChI is InChI=1S/C29H26N4O4/c1-18-10-12-19(13-11-18)28(35)31-24-9-4-3-8-23(24)25-17-21(14-15-26(30)34)27(33-32-25)20-6-5-7-22(16-20)29(36)37-2/h3-13,16-17H,14-15H2,1-2H3,(H2,30,34)(H,31,35). The van der Waals surface area contributed by atoms with Crippen LogP contribution in [0.3, 0.4) is 0 Å². The van der Waals surface area contributed by atoms with Gasteiger partial charge in [0.05, 0.1) is 29.7 Å². The highest BCUT2D eigenvalue weighted by Crippen LogP contribution is 2.31. The van der Waals surface area contributed by atoms with Crippen molar-refractivity contribution in [2.24, 2.45) is 5.73 Å². The van der Waals surface area contributed by atoms with Gasteiger partial charge in [0.1, 0.15) is 0 Å². The first-order chi connectivity index (χ1) is 17.9. The first-order valence-electron chi connectivity index (χ1n) is 11.7. The summed E-state index contributed by atoms with van der Waals surface area (Å²) in [6.45, 7) is 1.96. The Morgan fingerprint density at radius 2 is 1.65 bits per heavy atom. The van der Waals surface area contributed by atoms with E-state index in [-0.39, 0.29) is 12.3 Å². The Bertz CT molecular complexity index is 1470. The van der Waals surface area contributed by atoms with E-state index in [1.807, 2.05) is 43.3 Å². The molecular weight excluding hydrogens is 468 g/mol. The van der Waals surface area contributed by atoms with Crippen LogP contribution in [0.5, 0.6) is 0 Å². The molecule has 0 fully saturated rings. The number of nitrogens with two attached hydrogens (primary N) is 1. The van der Waals surface area contributed by atoms with E-state index in [1.54, 1.807) is 42.5 Å². The third-order valence-electron chi connectivity index (χ3n) is 5.84. The lowest BCUT2D eigenvalue weighted by molar-refractivity contribution is -0.118. The molecule has 3 N–H and O–H groups in total. The second kappa shape index (κ2) is 11.3. The molecule has 37 heavy (non-hydrogen) atoms. The number of anilines is 1. The quantitative estimate of drug-likeness (QED) is 0.346. The van der Waals surface area contributed by atoms with E-state index in [0.29, 0.717) is 45.7 Å². The number of hydrogen-bond donors (Lipinski definition) is 2. The largest absolute Gasteiger partial charge is 0.465 e. The van der Waals surface area contributed by atoms with E-state index in [4.69, 9.17) is 10.5 Å². The number of para-hydroxylation sites is 1. The third-order valence-corrected chi connectivity index (χ3v) is 5.84. The molecule has 0 spiro atoms. The fourth-order valence-electron chi connectivity index (χ4n) is 3.88. The average molecular weight is 495 g/mol. The molecule has 3 aromatic carbocycles. The van der Waals surface area contributed by atoms with Crippen molar-refractivity contribution in [3.63, 3.8) is 0 Å². The van der Waals surface area contributed by atoms with E-state index < -0.39 is 11.9 Å². The first kappa shape index (κ1) is 25.2. The van der Waals surface area contributed by atoms with Crippen LogP contribution in [0.2, 0.25) is 0 Å². The van der Waals surface area contributed by atoms with Crippen molar-refractivity contribution < 1.29 is 19.1 Å². The molecule has 0 saturated heterocycles. The number of carbonyl (C=O) groups is 3. The van der Waals surface area contributed by atoms with Gasteiger partial charge in [0.2, 0.25) is 5.91 Å². The zero-order valence-electron chi connectivity index (χ0n) is 20.5. The van der Waals surface area contributed by atoms with E-state index in [0.717, 1.165) is 11.1 Å². The van der Waals surface area contributed by atoms with Crippen LogP contribution in [-0.4, -0.2) is 35.1 Å². The van der Waals surface area contributed by atoms with Gasteiger partial charge in [0.25, 0.3) is 5.91 Å². The molecule has 0 bridgehead atoms. The number of aryl methyl sites for hydroxylation is 2. The van der Waals surface area contributed by atoms with E-state index >= 15 is 0 Å². The van der Waals surface area contributed by atoms with Gasteiger partial charge in [-0.05, 0) is 55.3 Å². The normalized spacial score (nSPS) is 10.5. The van der Waals surface area contributed by atoms with E-state index in [1.165, 1.54) is 7.11 Å². The Labute approximate surface area is 214 Å². The molecule has 1 aromatic heterocycles. The van der Waals surface area contributed by atoms with Crippen LogP contribution in [0.15, 0.2) is 78.9 Å². The van der Waals surface area contributed by atoms with Crippen LogP contribution in [0.4, 0.5) is 5.69 Å². The molecule has 4 rings (SSSR count). The summed E-state index contributed by atoms with van der Waals surface area (Å²) in [5.74, 6) is -1.16. The lowest BCUT2D eigenvalue weighted by atomic mass is 9.98. The Kier molecular flexibility index (Phi) is 7.68. The minimum Gasteiger partial charge on any atom is -0.465 e. The number of benzene rings is 3. The zero-order valence-corrected chi connectivity index (χ0v) is 20.5. The monoisotopic (exact) mass is 494 g/mol. The van der Waals surface area contributed by atoms with Crippen LogP contribution < -0.4 is 11.1 Å². The highest BCUT2D eigenvalue weighted by atomic mass is 16.5. The Hall–Kier alpha value is -4.85. The fourth-order valence-corrected chi connectivity index (χ4v) is 3.88. The van der Waals surface area contributed by atoms with Crippen molar-refractivity contribution in [2.75, 3.05) is 12.4 Å². The van der Waals surface area contributed by atoms with Crippen molar-refractivity contribution in [2.45, 2.75) is 19.8 Å². The van der Waals surface area contributed by atoms with Crippen molar-refractivity contribution in [1.82, 2.24) is 10.2 Å². The molecule has 8 heteroatoms. The minimum atomic E-state index is -0.469. The predicted octanol–water partition coefficient (Wildman–Crippen LogP) is 4.58. The molecule has 1 heterocycles. The van der Waals surface area contributed by atoms with Crippen LogP contribution in [-0.2, 0) is 16.0 Å². The summed E-state index contributed by atoms with van der Waals surface area (Å²) in [6, 6.07) is 23.3. The number of nitrogens with zero attached hydrogens (tertiary/aromatic N) is 2. The number of ether oxygens (including phenoxy) is 1. The number of hydrogen-bond acceptors (Lipinski definition) is 6. The predicted molar refractivity (Wildman–Crippen MR) is 141 cm³/mol. The molecule has 4 aromatic rings. The molecule has 8 nitrogen and oxygen atoms in total. The van der Waals surface area contributed by atoms with Gasteiger partial charge in [-0.25, -0.2) is 4.79 Å². The Balaban J connectivity index is 1.72. The number of carbonyl (C=O) groups excluding carboxylic acids is 3. The molecule has 0 unspecified atom stereocenters. The van der Waals surface area contributed by atoms with Crippen LogP contribution in [0.1, 0.15) is 38.3 Å². The molecule has 2 amide bonds. The number of rotatable bonds is 8. The highest BCUT2D eigenvalue weighted by Gasteiger charge is 2.17. The summed E-state index contributed by atoms with van der Waals surface area (Å²) < 4.78 is 4.83. The topological polar surface area (TPSA) is 124 Å². The summed E-state index contributed by atoms with van der Waals surface area (Å²) in [6.07, 6.45) is 0.439. The number of methoxy groups -OCH3 is 1. The third kappa shape index (κ3) is 6.05. The van der Waals surface area contributed by atoms with Gasteiger partial charge in [0, 0.05) is 23.1 Å². The van der Waals surface area contributed by atoms with Crippen molar-refractivity contribution in [3.05, 3.63) is 101 Å². The van der Waals surface area contributed by atoms with Gasteiger partial charge in [-0.1, -0.05) is 48.0 Å². The Morgan fingerprint density at radius 1 is 0.892 bits per heavy atom. The summed E-state index contributed by atoms with van der Waals surface area (Å²) >= 11 is 0. The minimum absolute atomic E-state index is 0.112. The lowest BCUT2D eigenvalue weighted by Crippen LogP contribution is -2.13. The van der Waals surface area contributed by atoms with Crippen molar-refractivity contribution >= 4 is 23.5 Å². The van der Waals surface area contributed by atoms with Gasteiger partial charge in [0.15, 0.2) is 0 Å². The molecule has 0 aliphatic heterocycles. The maximum atomic E-state index is 12.9. The fraction of sp³-hybridized carbons (Fsp3) is 0.138. The van der Waals surface area contributed by atoms with Gasteiger partial charge in [-0.15, -0.1) is 10.2 Å². The number of primary amides is 1. The first-order valence-corrected chi connectivity index (χ1v) is 11.7.